The Kier molecular flexibility index (Phi) is 4.13. The minimum absolute atomic E-state index is 0.0581. The molecule has 1 aliphatic carbocycles. The van der Waals surface area contributed by atoms with Gasteiger partial charge in [-0.25, -0.2) is 21.9 Å². The van der Waals surface area contributed by atoms with E-state index in [2.05, 4.69) is 4.72 Å². The van der Waals surface area contributed by atoms with Gasteiger partial charge in [0.2, 0.25) is 10.0 Å². The van der Waals surface area contributed by atoms with Crippen molar-refractivity contribution in [1.29, 1.82) is 0 Å². The normalized spacial score (nSPS) is 17.8. The maximum absolute atomic E-state index is 13.7. The molecular formula is C13H18F2N2O2S. The summed E-state index contributed by atoms with van der Waals surface area (Å²) in [6.45, 7) is 2.13. The van der Waals surface area contributed by atoms with Crippen LogP contribution in [0.3, 0.4) is 0 Å². The molecule has 1 aromatic rings. The number of rotatable bonds is 5. The van der Waals surface area contributed by atoms with Crippen LogP contribution in [0.2, 0.25) is 0 Å². The van der Waals surface area contributed by atoms with Gasteiger partial charge in [0.05, 0.1) is 0 Å². The molecule has 20 heavy (non-hydrogen) atoms. The summed E-state index contributed by atoms with van der Waals surface area (Å²) in [6.07, 6.45) is 2.91. The van der Waals surface area contributed by atoms with Gasteiger partial charge >= 0.3 is 0 Å². The number of halogens is 2. The van der Waals surface area contributed by atoms with Gasteiger partial charge in [-0.1, -0.05) is 13.3 Å². The van der Waals surface area contributed by atoms with Crippen molar-refractivity contribution in [1.82, 2.24) is 4.72 Å². The molecule has 1 fully saturated rings. The van der Waals surface area contributed by atoms with Gasteiger partial charge in [-0.2, -0.15) is 0 Å². The minimum Gasteiger partial charge on any atom is -0.326 e. The third kappa shape index (κ3) is 2.99. The lowest BCUT2D eigenvalue weighted by atomic mass is 9.71. The summed E-state index contributed by atoms with van der Waals surface area (Å²) < 4.78 is 53.6. The van der Waals surface area contributed by atoms with Crippen molar-refractivity contribution < 1.29 is 17.2 Å². The Bertz CT molecular complexity index is 613. The zero-order valence-corrected chi connectivity index (χ0v) is 12.1. The number of hydrogen-bond donors (Lipinski definition) is 2. The van der Waals surface area contributed by atoms with Gasteiger partial charge in [0.1, 0.15) is 4.90 Å². The maximum atomic E-state index is 13.7. The van der Waals surface area contributed by atoms with E-state index in [1.807, 2.05) is 6.92 Å². The van der Waals surface area contributed by atoms with Gasteiger partial charge in [0.25, 0.3) is 0 Å². The largest absolute Gasteiger partial charge is 0.326 e. The number of nitrogens with two attached hydrogens (primary N) is 1. The van der Waals surface area contributed by atoms with Crippen molar-refractivity contribution in [2.45, 2.75) is 37.6 Å². The molecule has 4 nitrogen and oxygen atoms in total. The highest BCUT2D eigenvalue weighted by atomic mass is 32.2. The molecule has 0 aromatic heterocycles. The van der Waals surface area contributed by atoms with E-state index in [9.17, 15) is 17.2 Å². The Morgan fingerprint density at radius 1 is 1.35 bits per heavy atom. The first kappa shape index (κ1) is 15.3. The lowest BCUT2D eigenvalue weighted by molar-refractivity contribution is 0.166. The van der Waals surface area contributed by atoms with Gasteiger partial charge in [0.15, 0.2) is 11.6 Å². The van der Waals surface area contributed by atoms with Crippen molar-refractivity contribution in [3.8, 4) is 0 Å². The zero-order chi connectivity index (χ0) is 15.0. The van der Waals surface area contributed by atoms with Crippen LogP contribution in [-0.4, -0.2) is 15.0 Å². The Morgan fingerprint density at radius 2 is 2.00 bits per heavy atom. The standard InChI is InChI=1S/C13H18F2N2O2S/c1-13(3-2-4-13)8-17-20(18,19)11-6-9(7-16)5-10(14)12(11)15/h5-6,17H,2-4,7-8,16H2,1H3. The van der Waals surface area contributed by atoms with Gasteiger partial charge in [-0.05, 0) is 36.0 Å². The van der Waals surface area contributed by atoms with Crippen LogP contribution in [0.4, 0.5) is 8.78 Å². The van der Waals surface area contributed by atoms with Crippen LogP contribution in [-0.2, 0) is 16.6 Å². The van der Waals surface area contributed by atoms with Gasteiger partial charge in [-0.15, -0.1) is 0 Å². The summed E-state index contributed by atoms with van der Waals surface area (Å²) in [5.41, 5.74) is 5.50. The summed E-state index contributed by atoms with van der Waals surface area (Å²) in [5.74, 6) is -2.57. The first-order valence-electron chi connectivity index (χ1n) is 6.45. The highest BCUT2D eigenvalue weighted by Crippen LogP contribution is 2.39. The van der Waals surface area contributed by atoms with E-state index in [1.54, 1.807) is 0 Å². The van der Waals surface area contributed by atoms with Crippen LogP contribution in [0.1, 0.15) is 31.7 Å². The second-order valence-corrected chi connectivity index (χ2v) is 7.32. The lowest BCUT2D eigenvalue weighted by Crippen LogP contribution is -2.40. The Labute approximate surface area is 117 Å². The quantitative estimate of drug-likeness (QED) is 0.872. The summed E-state index contributed by atoms with van der Waals surface area (Å²) >= 11 is 0. The van der Waals surface area contributed by atoms with E-state index in [0.717, 1.165) is 31.4 Å². The van der Waals surface area contributed by atoms with E-state index >= 15 is 0 Å². The van der Waals surface area contributed by atoms with Crippen molar-refractivity contribution in [2.75, 3.05) is 6.54 Å². The number of sulfonamides is 1. The fraction of sp³-hybridized carbons (Fsp3) is 0.538. The molecule has 0 atom stereocenters. The van der Waals surface area contributed by atoms with Crippen LogP contribution in [0.25, 0.3) is 0 Å². The Morgan fingerprint density at radius 3 is 2.50 bits per heavy atom. The van der Waals surface area contributed by atoms with Gasteiger partial charge in [0, 0.05) is 13.1 Å². The topological polar surface area (TPSA) is 72.2 Å². The summed E-state index contributed by atoms with van der Waals surface area (Å²) in [7, 11) is -4.08. The van der Waals surface area contributed by atoms with E-state index in [1.165, 1.54) is 0 Å². The molecule has 112 valence electrons. The SMILES string of the molecule is CC1(CNS(=O)(=O)c2cc(CN)cc(F)c2F)CCC1. The molecule has 7 heteroatoms. The first-order valence-corrected chi connectivity index (χ1v) is 7.93. The predicted octanol–water partition coefficient (Wildman–Crippen LogP) is 1.89. The molecule has 1 aromatic carbocycles. The molecule has 0 aliphatic heterocycles. The van der Waals surface area contributed by atoms with Crippen LogP contribution in [0, 0.1) is 17.0 Å². The number of nitrogens with one attached hydrogen (secondary N) is 1. The fourth-order valence-corrected chi connectivity index (χ4v) is 3.57. The first-order chi connectivity index (χ1) is 9.27. The van der Waals surface area contributed by atoms with Crippen LogP contribution >= 0.6 is 0 Å². The smallest absolute Gasteiger partial charge is 0.243 e. The molecule has 0 bridgehead atoms. The van der Waals surface area contributed by atoms with Crippen molar-refractivity contribution in [3.63, 3.8) is 0 Å². The summed E-state index contributed by atoms with van der Waals surface area (Å²) in [6, 6.07) is 1.98. The van der Waals surface area contributed by atoms with Crippen molar-refractivity contribution in [3.05, 3.63) is 29.3 Å². The second kappa shape index (κ2) is 5.38. The second-order valence-electron chi connectivity index (χ2n) is 5.58. The molecule has 0 spiro atoms. The minimum atomic E-state index is -4.08. The molecular weight excluding hydrogens is 286 g/mol. The summed E-state index contributed by atoms with van der Waals surface area (Å²) in [4.78, 5) is -0.680. The van der Waals surface area contributed by atoms with Gasteiger partial charge in [-0.3, -0.25) is 0 Å². The number of benzene rings is 1. The van der Waals surface area contributed by atoms with Gasteiger partial charge < -0.3 is 5.73 Å². The molecule has 0 radical (unpaired) electrons. The molecule has 0 heterocycles. The average molecular weight is 304 g/mol. The summed E-state index contributed by atoms with van der Waals surface area (Å²) in [5, 5.41) is 0. The molecule has 2 rings (SSSR count). The van der Waals surface area contributed by atoms with Crippen LogP contribution < -0.4 is 10.5 Å². The monoisotopic (exact) mass is 304 g/mol. The maximum Gasteiger partial charge on any atom is 0.243 e. The molecule has 3 N–H and O–H groups in total. The highest BCUT2D eigenvalue weighted by molar-refractivity contribution is 7.89. The Balaban J connectivity index is 2.26. The molecule has 1 saturated carbocycles. The predicted molar refractivity (Wildman–Crippen MR) is 71.4 cm³/mol. The average Bonchev–Trinajstić information content (AvgIpc) is 2.37. The molecule has 1 aliphatic rings. The highest BCUT2D eigenvalue weighted by Gasteiger charge is 2.33. The van der Waals surface area contributed by atoms with E-state index in [0.29, 0.717) is 0 Å². The van der Waals surface area contributed by atoms with Crippen molar-refractivity contribution in [2.24, 2.45) is 11.1 Å². The Hall–Kier alpha value is -1.05. The van der Waals surface area contributed by atoms with E-state index in [-0.39, 0.29) is 24.1 Å². The van der Waals surface area contributed by atoms with Crippen LogP contribution in [0.5, 0.6) is 0 Å². The third-order valence-electron chi connectivity index (χ3n) is 3.83. The van der Waals surface area contributed by atoms with E-state index in [4.69, 9.17) is 5.73 Å². The zero-order valence-electron chi connectivity index (χ0n) is 11.2. The lowest BCUT2D eigenvalue weighted by Gasteiger charge is -2.38. The van der Waals surface area contributed by atoms with Crippen LogP contribution in [0.15, 0.2) is 17.0 Å². The number of hydrogen-bond acceptors (Lipinski definition) is 3. The third-order valence-corrected chi connectivity index (χ3v) is 5.23. The fourth-order valence-electron chi connectivity index (χ4n) is 2.23. The molecule has 0 amide bonds. The molecule has 0 saturated heterocycles. The van der Waals surface area contributed by atoms with E-state index < -0.39 is 26.6 Å². The van der Waals surface area contributed by atoms with Crippen molar-refractivity contribution >= 4 is 10.0 Å². The molecule has 0 unspecified atom stereocenters.